The molecule has 0 saturated heterocycles. The average Bonchev–Trinajstić information content (AvgIpc) is 2.47. The summed E-state index contributed by atoms with van der Waals surface area (Å²) >= 11 is 0. The van der Waals surface area contributed by atoms with E-state index in [-0.39, 0.29) is 0 Å². The Balaban J connectivity index is 1.90. The molecule has 2 N–H and O–H groups in total. The summed E-state index contributed by atoms with van der Waals surface area (Å²) in [5.41, 5.74) is 1.78. The molecule has 1 aromatic carbocycles. The van der Waals surface area contributed by atoms with E-state index >= 15 is 0 Å². The first kappa shape index (κ1) is 12.9. The van der Waals surface area contributed by atoms with Gasteiger partial charge >= 0.3 is 6.09 Å². The topological polar surface area (TPSA) is 63.2 Å². The summed E-state index contributed by atoms with van der Waals surface area (Å²) in [5, 5.41) is 5.74. The predicted molar refractivity (Wildman–Crippen MR) is 74.0 cm³/mol. The first-order valence-corrected chi connectivity index (χ1v) is 5.87. The Morgan fingerprint density at radius 3 is 2.63 bits per heavy atom. The van der Waals surface area contributed by atoms with Crippen LogP contribution in [0.4, 0.5) is 16.3 Å². The summed E-state index contributed by atoms with van der Waals surface area (Å²) in [5.74, 6) is 0.749. The molecular formula is C14H15N3O2. The molecule has 0 aliphatic rings. The van der Waals surface area contributed by atoms with Crippen LogP contribution >= 0.6 is 0 Å². The minimum atomic E-state index is -0.508. The van der Waals surface area contributed by atoms with Crippen molar-refractivity contribution < 1.29 is 9.53 Å². The molecule has 0 aliphatic heterocycles. The molecule has 1 aromatic heterocycles. The number of nitrogens with one attached hydrogen (secondary N) is 2. The van der Waals surface area contributed by atoms with Gasteiger partial charge in [0.1, 0.15) is 5.82 Å². The van der Waals surface area contributed by atoms with Crippen LogP contribution < -0.4 is 10.6 Å². The van der Waals surface area contributed by atoms with Crippen LogP contribution in [0.5, 0.6) is 0 Å². The van der Waals surface area contributed by atoms with Crippen LogP contribution in [0.1, 0.15) is 5.56 Å². The smallest absolute Gasteiger partial charge is 0.411 e. The highest BCUT2D eigenvalue weighted by Gasteiger charge is 2.01. The fourth-order valence-corrected chi connectivity index (χ4v) is 1.53. The van der Waals surface area contributed by atoms with Crippen LogP contribution in [-0.4, -0.2) is 18.2 Å². The lowest BCUT2D eigenvalue weighted by Gasteiger charge is -2.07. The van der Waals surface area contributed by atoms with Crippen molar-refractivity contribution in [1.82, 2.24) is 4.98 Å². The van der Waals surface area contributed by atoms with Gasteiger partial charge in [-0.25, -0.2) is 9.78 Å². The van der Waals surface area contributed by atoms with Gasteiger partial charge in [0.2, 0.25) is 0 Å². The summed E-state index contributed by atoms with van der Waals surface area (Å²) in [6.45, 7) is 0.706. The van der Waals surface area contributed by atoms with Gasteiger partial charge in [0.25, 0.3) is 0 Å². The standard InChI is InChI=1S/C14H15N3O2/c1-19-14(18)17-12-7-8-13(16-10-12)15-9-11-5-3-2-4-6-11/h2-8,10H,9H2,1H3,(H,15,16)(H,17,18). The summed E-state index contributed by atoms with van der Waals surface area (Å²) in [6.07, 6.45) is 1.07. The van der Waals surface area contributed by atoms with Gasteiger partial charge in [-0.05, 0) is 17.7 Å². The second-order valence-electron chi connectivity index (χ2n) is 3.89. The first-order chi connectivity index (χ1) is 9.28. The van der Waals surface area contributed by atoms with Crippen molar-refractivity contribution in [3.8, 4) is 0 Å². The third kappa shape index (κ3) is 3.99. The average molecular weight is 257 g/mol. The molecule has 1 heterocycles. The highest BCUT2D eigenvalue weighted by molar-refractivity contribution is 5.84. The van der Waals surface area contributed by atoms with E-state index in [0.29, 0.717) is 12.2 Å². The van der Waals surface area contributed by atoms with E-state index in [1.165, 1.54) is 12.7 Å². The summed E-state index contributed by atoms with van der Waals surface area (Å²) < 4.78 is 4.50. The summed E-state index contributed by atoms with van der Waals surface area (Å²) in [4.78, 5) is 15.2. The largest absolute Gasteiger partial charge is 0.453 e. The first-order valence-electron chi connectivity index (χ1n) is 5.87. The lowest BCUT2D eigenvalue weighted by atomic mass is 10.2. The fourth-order valence-electron chi connectivity index (χ4n) is 1.53. The number of amides is 1. The van der Waals surface area contributed by atoms with Crippen molar-refractivity contribution in [2.75, 3.05) is 17.7 Å². The second kappa shape index (κ2) is 6.39. The van der Waals surface area contributed by atoms with Crippen molar-refractivity contribution in [2.24, 2.45) is 0 Å². The molecule has 0 fully saturated rings. The number of anilines is 2. The number of hydrogen-bond donors (Lipinski definition) is 2. The van der Waals surface area contributed by atoms with Gasteiger partial charge in [-0.3, -0.25) is 5.32 Å². The Kier molecular flexibility index (Phi) is 4.34. The zero-order chi connectivity index (χ0) is 13.5. The van der Waals surface area contributed by atoms with E-state index in [1.54, 1.807) is 18.3 Å². The minimum absolute atomic E-state index is 0.508. The van der Waals surface area contributed by atoms with Crippen LogP contribution in [0, 0.1) is 0 Å². The van der Waals surface area contributed by atoms with Crippen molar-refractivity contribution in [1.29, 1.82) is 0 Å². The van der Waals surface area contributed by atoms with Gasteiger partial charge < -0.3 is 10.1 Å². The molecule has 19 heavy (non-hydrogen) atoms. The molecule has 0 bridgehead atoms. The molecule has 0 unspecified atom stereocenters. The number of ether oxygens (including phenoxy) is 1. The highest BCUT2D eigenvalue weighted by atomic mass is 16.5. The summed E-state index contributed by atoms with van der Waals surface area (Å²) in [7, 11) is 1.32. The summed E-state index contributed by atoms with van der Waals surface area (Å²) in [6, 6.07) is 13.6. The Morgan fingerprint density at radius 1 is 1.21 bits per heavy atom. The molecule has 98 valence electrons. The van der Waals surface area contributed by atoms with E-state index in [4.69, 9.17) is 0 Å². The number of hydrogen-bond acceptors (Lipinski definition) is 4. The molecule has 0 aliphatic carbocycles. The quantitative estimate of drug-likeness (QED) is 0.884. The van der Waals surface area contributed by atoms with Gasteiger partial charge in [0, 0.05) is 6.54 Å². The monoisotopic (exact) mass is 257 g/mol. The van der Waals surface area contributed by atoms with Gasteiger partial charge in [-0.2, -0.15) is 0 Å². The maximum Gasteiger partial charge on any atom is 0.411 e. The zero-order valence-electron chi connectivity index (χ0n) is 10.6. The molecule has 1 amide bonds. The number of aromatic nitrogens is 1. The van der Waals surface area contributed by atoms with Crippen LogP contribution in [0.2, 0.25) is 0 Å². The van der Waals surface area contributed by atoms with Crippen molar-refractivity contribution in [3.63, 3.8) is 0 Å². The van der Waals surface area contributed by atoms with Crippen molar-refractivity contribution >= 4 is 17.6 Å². The number of nitrogens with zero attached hydrogens (tertiary/aromatic N) is 1. The van der Waals surface area contributed by atoms with Crippen molar-refractivity contribution in [2.45, 2.75) is 6.54 Å². The second-order valence-corrected chi connectivity index (χ2v) is 3.89. The van der Waals surface area contributed by atoms with Crippen LogP contribution in [0.3, 0.4) is 0 Å². The van der Waals surface area contributed by atoms with E-state index in [2.05, 4.69) is 20.4 Å². The molecule has 2 rings (SSSR count). The number of methoxy groups -OCH3 is 1. The lowest BCUT2D eigenvalue weighted by molar-refractivity contribution is 0.187. The number of benzene rings is 1. The molecular weight excluding hydrogens is 242 g/mol. The van der Waals surface area contributed by atoms with Gasteiger partial charge in [0.05, 0.1) is 19.0 Å². The number of carbonyl (C=O) groups excluding carboxylic acids is 1. The Morgan fingerprint density at radius 2 is 2.00 bits per heavy atom. The number of rotatable bonds is 4. The molecule has 0 atom stereocenters. The Bertz CT molecular complexity index is 526. The Labute approximate surface area is 111 Å². The maximum atomic E-state index is 11.0. The molecule has 5 nitrogen and oxygen atoms in total. The predicted octanol–water partition coefficient (Wildman–Crippen LogP) is 2.87. The molecule has 0 spiro atoms. The third-order valence-electron chi connectivity index (χ3n) is 2.51. The molecule has 0 radical (unpaired) electrons. The Hall–Kier alpha value is -2.56. The third-order valence-corrected chi connectivity index (χ3v) is 2.51. The van der Waals surface area contributed by atoms with Crippen LogP contribution in [0.25, 0.3) is 0 Å². The van der Waals surface area contributed by atoms with Crippen molar-refractivity contribution in [3.05, 3.63) is 54.2 Å². The highest BCUT2D eigenvalue weighted by Crippen LogP contribution is 2.11. The lowest BCUT2D eigenvalue weighted by Crippen LogP contribution is -2.11. The van der Waals surface area contributed by atoms with Crippen LogP contribution in [0.15, 0.2) is 48.7 Å². The molecule has 2 aromatic rings. The number of carbonyl (C=O) groups is 1. The maximum absolute atomic E-state index is 11.0. The normalized spacial score (nSPS) is 9.74. The molecule has 0 saturated carbocycles. The van der Waals surface area contributed by atoms with Gasteiger partial charge in [-0.15, -0.1) is 0 Å². The van der Waals surface area contributed by atoms with Gasteiger partial charge in [-0.1, -0.05) is 30.3 Å². The molecule has 5 heteroatoms. The fraction of sp³-hybridized carbons (Fsp3) is 0.143. The van der Waals surface area contributed by atoms with Gasteiger partial charge in [0.15, 0.2) is 0 Å². The number of pyridine rings is 1. The minimum Gasteiger partial charge on any atom is -0.453 e. The SMILES string of the molecule is COC(=O)Nc1ccc(NCc2ccccc2)nc1. The van der Waals surface area contributed by atoms with E-state index in [1.807, 2.05) is 30.3 Å². The zero-order valence-corrected chi connectivity index (χ0v) is 10.6. The van der Waals surface area contributed by atoms with E-state index < -0.39 is 6.09 Å². The van der Waals surface area contributed by atoms with E-state index in [0.717, 1.165) is 5.82 Å². The van der Waals surface area contributed by atoms with E-state index in [9.17, 15) is 4.79 Å². The van der Waals surface area contributed by atoms with Crippen LogP contribution in [-0.2, 0) is 11.3 Å².